The molecule has 0 fully saturated rings. The van der Waals surface area contributed by atoms with Crippen molar-refractivity contribution in [3.8, 4) is 0 Å². The van der Waals surface area contributed by atoms with Gasteiger partial charge in [-0.1, -0.05) is 60.5 Å². The van der Waals surface area contributed by atoms with Gasteiger partial charge < -0.3 is 25.4 Å². The number of nitrogens with one attached hydrogen (secondary N) is 2. The first-order valence-electron chi connectivity index (χ1n) is 12.3. The minimum absolute atomic E-state index is 0.372. The van der Waals surface area contributed by atoms with E-state index >= 15 is 0 Å². The van der Waals surface area contributed by atoms with Gasteiger partial charge in [0.2, 0.25) is 5.91 Å². The average Bonchev–Trinajstić information content (AvgIpc) is 2.82. The maximum absolute atomic E-state index is 13.9. The molecule has 2 aromatic rings. The zero-order valence-corrected chi connectivity index (χ0v) is 23.3. The van der Waals surface area contributed by atoms with Crippen molar-refractivity contribution in [1.29, 1.82) is 0 Å². The van der Waals surface area contributed by atoms with Gasteiger partial charge in [-0.15, -0.1) is 0 Å². The Hall–Kier alpha value is -3.10. The van der Waals surface area contributed by atoms with Crippen LogP contribution >= 0.6 is 11.6 Å². The number of para-hydroxylation sites is 1. The number of aliphatic hydroxyl groups excluding tert-OH is 1. The van der Waals surface area contributed by atoms with Crippen LogP contribution in [0.2, 0.25) is 5.02 Å². The van der Waals surface area contributed by atoms with Crippen molar-refractivity contribution in [3.63, 3.8) is 0 Å². The van der Waals surface area contributed by atoms with E-state index in [-0.39, 0.29) is 0 Å². The lowest BCUT2D eigenvalue weighted by molar-refractivity contribution is -0.144. The normalized spacial score (nSPS) is 13.8. The van der Waals surface area contributed by atoms with Crippen LogP contribution in [0.3, 0.4) is 0 Å². The zero-order valence-electron chi connectivity index (χ0n) is 22.6. The Labute approximate surface area is 224 Å². The van der Waals surface area contributed by atoms with Crippen LogP contribution in [-0.2, 0) is 14.3 Å². The van der Waals surface area contributed by atoms with Gasteiger partial charge in [-0.05, 0) is 65.2 Å². The Bertz CT molecular complexity index is 1080. The molecule has 0 aliphatic heterocycles. The van der Waals surface area contributed by atoms with Gasteiger partial charge in [0, 0.05) is 6.04 Å². The molecule has 0 spiro atoms. The van der Waals surface area contributed by atoms with Gasteiger partial charge in [0.25, 0.3) is 5.91 Å². The van der Waals surface area contributed by atoms with Gasteiger partial charge >= 0.3 is 6.09 Å². The monoisotopic (exact) mass is 531 g/mol. The van der Waals surface area contributed by atoms with Crippen molar-refractivity contribution in [2.75, 3.05) is 11.9 Å². The topological polar surface area (TPSA) is 108 Å². The molecule has 0 radical (unpaired) electrons. The summed E-state index contributed by atoms with van der Waals surface area (Å²) in [7, 11) is 0. The lowest BCUT2D eigenvalue weighted by Crippen LogP contribution is -2.56. The highest BCUT2D eigenvalue weighted by molar-refractivity contribution is 6.34. The van der Waals surface area contributed by atoms with Crippen LogP contribution in [-0.4, -0.2) is 52.2 Å². The van der Waals surface area contributed by atoms with Crippen LogP contribution in [0.25, 0.3) is 0 Å². The number of aliphatic hydroxyl groups is 1. The number of rotatable bonds is 9. The molecule has 3 amide bonds. The number of aryl methyl sites for hydroxylation is 2. The lowest BCUT2D eigenvalue weighted by atomic mass is 9.99. The zero-order chi connectivity index (χ0) is 27.9. The molecule has 0 aliphatic carbocycles. The fourth-order valence-corrected chi connectivity index (χ4v) is 4.05. The standard InChI is InChI=1S/C28H38ClN3O5/c1-8-19(4)32(26(35)22(16-33)30-27(36)37-28(5,6)7)24(20-14-12-17(2)13-15-20)25(34)31-23-18(3)10-9-11-21(23)29/h9-15,19,22,24,33H,8,16H2,1-7H3,(H,30,36)(H,31,34). The molecule has 2 rings (SSSR count). The summed E-state index contributed by atoms with van der Waals surface area (Å²) in [4.78, 5) is 41.5. The van der Waals surface area contributed by atoms with Gasteiger partial charge in [-0.2, -0.15) is 0 Å². The molecule has 37 heavy (non-hydrogen) atoms. The van der Waals surface area contributed by atoms with E-state index in [1.807, 2.05) is 45.9 Å². The number of benzene rings is 2. The number of hydrogen-bond acceptors (Lipinski definition) is 5. The van der Waals surface area contributed by atoms with E-state index in [2.05, 4.69) is 10.6 Å². The number of anilines is 1. The lowest BCUT2D eigenvalue weighted by Gasteiger charge is -2.38. The first-order valence-corrected chi connectivity index (χ1v) is 12.7. The highest BCUT2D eigenvalue weighted by Gasteiger charge is 2.38. The molecule has 0 heterocycles. The van der Waals surface area contributed by atoms with E-state index in [9.17, 15) is 19.5 Å². The molecule has 8 nitrogen and oxygen atoms in total. The van der Waals surface area contributed by atoms with Crippen LogP contribution in [0, 0.1) is 13.8 Å². The number of amides is 3. The smallest absolute Gasteiger partial charge is 0.408 e. The molecule has 0 saturated carbocycles. The molecule has 2 aromatic carbocycles. The largest absolute Gasteiger partial charge is 0.444 e. The number of halogens is 1. The second kappa shape index (κ2) is 12.9. The van der Waals surface area contributed by atoms with E-state index in [0.717, 1.165) is 11.1 Å². The number of hydrogen-bond donors (Lipinski definition) is 3. The minimum atomic E-state index is -1.31. The van der Waals surface area contributed by atoms with Crippen molar-refractivity contribution in [2.24, 2.45) is 0 Å². The maximum Gasteiger partial charge on any atom is 0.408 e. The second-order valence-electron chi connectivity index (χ2n) is 10.1. The van der Waals surface area contributed by atoms with Gasteiger partial charge in [0.15, 0.2) is 0 Å². The first kappa shape index (κ1) is 30.1. The summed E-state index contributed by atoms with van der Waals surface area (Å²) in [5, 5.41) is 15.8. The fraction of sp³-hybridized carbons (Fsp3) is 0.464. The molecule has 0 aromatic heterocycles. The van der Waals surface area contributed by atoms with E-state index in [4.69, 9.17) is 16.3 Å². The average molecular weight is 532 g/mol. The van der Waals surface area contributed by atoms with E-state index < -0.39 is 48.2 Å². The summed E-state index contributed by atoms with van der Waals surface area (Å²) in [6, 6.07) is 9.80. The van der Waals surface area contributed by atoms with Gasteiger partial charge in [-0.25, -0.2) is 4.79 Å². The maximum atomic E-state index is 13.9. The Kier molecular flexibility index (Phi) is 10.5. The van der Waals surface area contributed by atoms with Crippen LogP contribution in [0.5, 0.6) is 0 Å². The molecule has 0 saturated heterocycles. The summed E-state index contributed by atoms with van der Waals surface area (Å²) in [5.74, 6) is -1.08. The molecule has 9 heteroatoms. The SMILES string of the molecule is CCC(C)N(C(=O)C(CO)NC(=O)OC(C)(C)C)C(C(=O)Nc1c(C)cccc1Cl)c1ccc(C)cc1. The fourth-order valence-electron chi connectivity index (χ4n) is 3.78. The molecule has 0 bridgehead atoms. The molecule has 0 aliphatic rings. The Morgan fingerprint density at radius 2 is 1.70 bits per heavy atom. The van der Waals surface area contributed by atoms with Gasteiger partial charge in [0.1, 0.15) is 17.7 Å². The number of nitrogens with zero attached hydrogens (tertiary/aromatic N) is 1. The first-order chi connectivity index (χ1) is 17.3. The molecule has 3 N–H and O–H groups in total. The van der Waals surface area contributed by atoms with Crippen molar-refractivity contribution in [3.05, 3.63) is 64.2 Å². The number of ether oxygens (including phenoxy) is 1. The Morgan fingerprint density at radius 1 is 1.08 bits per heavy atom. The summed E-state index contributed by atoms with van der Waals surface area (Å²) in [6.07, 6.45) is -0.316. The number of carbonyl (C=O) groups excluding carboxylic acids is 3. The number of carbonyl (C=O) groups is 3. The van der Waals surface area contributed by atoms with Crippen LogP contribution in [0.1, 0.15) is 63.8 Å². The third-order valence-electron chi connectivity index (χ3n) is 5.88. The summed E-state index contributed by atoms with van der Waals surface area (Å²) >= 11 is 6.37. The quantitative estimate of drug-likeness (QED) is 0.415. The van der Waals surface area contributed by atoms with Gasteiger partial charge in [-0.3, -0.25) is 9.59 Å². The predicted molar refractivity (Wildman–Crippen MR) is 146 cm³/mol. The van der Waals surface area contributed by atoms with E-state index in [1.165, 1.54) is 4.90 Å². The van der Waals surface area contributed by atoms with Crippen molar-refractivity contribution in [1.82, 2.24) is 10.2 Å². The second-order valence-corrected chi connectivity index (χ2v) is 10.5. The van der Waals surface area contributed by atoms with Crippen molar-refractivity contribution < 1.29 is 24.2 Å². The van der Waals surface area contributed by atoms with Crippen LogP contribution in [0.15, 0.2) is 42.5 Å². The third kappa shape index (κ3) is 8.20. The highest BCUT2D eigenvalue weighted by atomic mass is 35.5. The highest BCUT2D eigenvalue weighted by Crippen LogP contribution is 2.31. The van der Waals surface area contributed by atoms with Crippen molar-refractivity contribution in [2.45, 2.75) is 78.6 Å². The molecule has 3 atom stereocenters. The summed E-state index contributed by atoms with van der Waals surface area (Å²) in [6.45, 7) is 11.9. The Balaban J connectivity index is 2.54. The Morgan fingerprint density at radius 3 is 2.22 bits per heavy atom. The van der Waals surface area contributed by atoms with Crippen LogP contribution < -0.4 is 10.6 Å². The van der Waals surface area contributed by atoms with Gasteiger partial charge in [0.05, 0.1) is 17.3 Å². The molecule has 3 unspecified atom stereocenters. The number of alkyl carbamates (subject to hydrolysis) is 1. The molecular formula is C28H38ClN3O5. The van der Waals surface area contributed by atoms with Crippen LogP contribution in [0.4, 0.5) is 10.5 Å². The third-order valence-corrected chi connectivity index (χ3v) is 6.20. The van der Waals surface area contributed by atoms with Crippen molar-refractivity contribution >= 4 is 35.2 Å². The van der Waals surface area contributed by atoms with E-state index in [0.29, 0.717) is 22.7 Å². The molecular weight excluding hydrogens is 494 g/mol. The summed E-state index contributed by atoms with van der Waals surface area (Å²) in [5.41, 5.74) is 2.00. The summed E-state index contributed by atoms with van der Waals surface area (Å²) < 4.78 is 5.27. The molecule has 202 valence electrons. The predicted octanol–water partition coefficient (Wildman–Crippen LogP) is 5.15. The van der Waals surface area contributed by atoms with E-state index in [1.54, 1.807) is 45.0 Å². The minimum Gasteiger partial charge on any atom is -0.444 e.